The molecule has 2 aromatic carbocycles. The lowest BCUT2D eigenvalue weighted by Gasteiger charge is -2.31. The zero-order valence-electron chi connectivity index (χ0n) is 12.6. The SMILES string of the molecule is Cc1c(Cl)cccc1S(=O)(=O)N1CCCc2c(N)cccc21.Cl. The number of hydrogen-bond acceptors (Lipinski definition) is 3. The Balaban J connectivity index is 0.00000192. The second-order valence-electron chi connectivity index (χ2n) is 5.39. The Bertz CT molecular complexity index is 838. The number of anilines is 2. The molecule has 0 amide bonds. The Kier molecular flexibility index (Phi) is 5.14. The Hall–Kier alpha value is -1.43. The molecule has 2 N–H and O–H groups in total. The van der Waals surface area contributed by atoms with Crippen LogP contribution in [0.15, 0.2) is 41.3 Å². The van der Waals surface area contributed by atoms with Crippen LogP contribution in [0.4, 0.5) is 11.4 Å². The number of hydrogen-bond donors (Lipinski definition) is 1. The van der Waals surface area contributed by atoms with Crippen molar-refractivity contribution in [1.29, 1.82) is 0 Å². The third kappa shape index (κ3) is 3.01. The molecule has 3 rings (SSSR count). The van der Waals surface area contributed by atoms with Gasteiger partial charge in [-0.1, -0.05) is 23.7 Å². The highest BCUT2D eigenvalue weighted by Gasteiger charge is 2.31. The Morgan fingerprint density at radius 2 is 1.87 bits per heavy atom. The van der Waals surface area contributed by atoms with E-state index in [2.05, 4.69) is 0 Å². The van der Waals surface area contributed by atoms with E-state index in [0.717, 1.165) is 18.4 Å². The molecule has 0 radical (unpaired) electrons. The zero-order chi connectivity index (χ0) is 15.9. The summed E-state index contributed by atoms with van der Waals surface area (Å²) in [5.74, 6) is 0. The van der Waals surface area contributed by atoms with E-state index in [-0.39, 0.29) is 17.3 Å². The van der Waals surface area contributed by atoms with Gasteiger partial charge >= 0.3 is 0 Å². The normalized spacial score (nSPS) is 14.1. The molecular weight excluding hydrogens is 355 g/mol. The summed E-state index contributed by atoms with van der Waals surface area (Å²) in [6, 6.07) is 10.3. The minimum Gasteiger partial charge on any atom is -0.398 e. The first-order valence-corrected chi connectivity index (χ1v) is 8.90. The van der Waals surface area contributed by atoms with Gasteiger partial charge < -0.3 is 5.73 Å². The van der Waals surface area contributed by atoms with Crippen molar-refractivity contribution in [3.05, 3.63) is 52.5 Å². The first-order valence-electron chi connectivity index (χ1n) is 7.08. The fourth-order valence-corrected chi connectivity index (χ4v) is 4.87. The molecule has 23 heavy (non-hydrogen) atoms. The second kappa shape index (κ2) is 6.59. The van der Waals surface area contributed by atoms with Crippen LogP contribution in [-0.4, -0.2) is 15.0 Å². The highest BCUT2D eigenvalue weighted by Crippen LogP contribution is 2.36. The summed E-state index contributed by atoms with van der Waals surface area (Å²) in [6.07, 6.45) is 1.54. The van der Waals surface area contributed by atoms with Crippen LogP contribution >= 0.6 is 24.0 Å². The molecule has 0 spiro atoms. The Morgan fingerprint density at radius 3 is 2.61 bits per heavy atom. The van der Waals surface area contributed by atoms with Gasteiger partial charge in [0.25, 0.3) is 10.0 Å². The number of halogens is 2. The molecular formula is C16H18Cl2N2O2S. The van der Waals surface area contributed by atoms with Crippen LogP contribution in [0, 0.1) is 6.92 Å². The maximum atomic E-state index is 13.1. The average Bonchev–Trinajstić information content (AvgIpc) is 2.50. The third-order valence-electron chi connectivity index (χ3n) is 4.03. The quantitative estimate of drug-likeness (QED) is 0.815. The maximum absolute atomic E-state index is 13.1. The van der Waals surface area contributed by atoms with Crippen LogP contribution in [0.3, 0.4) is 0 Å². The van der Waals surface area contributed by atoms with Crippen LogP contribution in [-0.2, 0) is 16.4 Å². The van der Waals surface area contributed by atoms with E-state index in [1.807, 2.05) is 6.07 Å². The van der Waals surface area contributed by atoms with Crippen LogP contribution in [0.5, 0.6) is 0 Å². The van der Waals surface area contributed by atoms with Crippen molar-refractivity contribution < 1.29 is 8.42 Å². The van der Waals surface area contributed by atoms with E-state index in [0.29, 0.717) is 28.5 Å². The van der Waals surface area contributed by atoms with Crippen molar-refractivity contribution in [2.75, 3.05) is 16.6 Å². The molecule has 124 valence electrons. The van der Waals surface area contributed by atoms with Crippen molar-refractivity contribution in [2.24, 2.45) is 0 Å². The van der Waals surface area contributed by atoms with Crippen molar-refractivity contribution in [1.82, 2.24) is 0 Å². The van der Waals surface area contributed by atoms with Gasteiger partial charge in [-0.3, -0.25) is 4.31 Å². The molecule has 0 fully saturated rings. The van der Waals surface area contributed by atoms with Gasteiger partial charge in [0.15, 0.2) is 0 Å². The topological polar surface area (TPSA) is 63.4 Å². The van der Waals surface area contributed by atoms with E-state index in [1.54, 1.807) is 37.3 Å². The van der Waals surface area contributed by atoms with Crippen LogP contribution < -0.4 is 10.0 Å². The summed E-state index contributed by atoms with van der Waals surface area (Å²) in [5, 5.41) is 0.450. The number of sulfonamides is 1. The van der Waals surface area contributed by atoms with Crippen LogP contribution in [0.25, 0.3) is 0 Å². The number of nitrogens with two attached hydrogens (primary N) is 1. The summed E-state index contributed by atoms with van der Waals surface area (Å²) in [4.78, 5) is 0.246. The van der Waals surface area contributed by atoms with Gasteiger partial charge in [0.2, 0.25) is 0 Å². The molecule has 0 aromatic heterocycles. The van der Waals surface area contributed by atoms with E-state index >= 15 is 0 Å². The molecule has 0 saturated heterocycles. The molecule has 1 aliphatic rings. The summed E-state index contributed by atoms with van der Waals surface area (Å²) in [6.45, 7) is 2.17. The lowest BCUT2D eigenvalue weighted by atomic mass is 10.0. The molecule has 0 atom stereocenters. The monoisotopic (exact) mass is 372 g/mol. The standard InChI is InChI=1S/C16H17ClN2O2S.ClH/c1-11-13(17)6-2-9-16(11)22(20,21)19-10-4-5-12-14(18)7-3-8-15(12)19;/h2-3,6-9H,4-5,10,18H2,1H3;1H. The molecule has 1 aliphatic heterocycles. The Labute approximate surface area is 147 Å². The van der Waals surface area contributed by atoms with Crippen molar-refractivity contribution >= 4 is 45.4 Å². The van der Waals surface area contributed by atoms with Crippen LogP contribution in [0.1, 0.15) is 17.5 Å². The van der Waals surface area contributed by atoms with Crippen molar-refractivity contribution in [2.45, 2.75) is 24.7 Å². The van der Waals surface area contributed by atoms with Crippen molar-refractivity contribution in [3.63, 3.8) is 0 Å². The van der Waals surface area contributed by atoms with E-state index in [4.69, 9.17) is 17.3 Å². The smallest absolute Gasteiger partial charge is 0.264 e. The molecule has 0 aliphatic carbocycles. The number of nitrogen functional groups attached to an aromatic ring is 1. The van der Waals surface area contributed by atoms with E-state index < -0.39 is 10.0 Å². The summed E-state index contributed by atoms with van der Waals surface area (Å²) >= 11 is 6.08. The van der Waals surface area contributed by atoms with Gasteiger partial charge in [-0.05, 0) is 55.2 Å². The third-order valence-corrected chi connectivity index (χ3v) is 6.40. The van der Waals surface area contributed by atoms with Gasteiger partial charge in [-0.2, -0.15) is 0 Å². The average molecular weight is 373 g/mol. The molecule has 4 nitrogen and oxygen atoms in total. The lowest BCUT2D eigenvalue weighted by Crippen LogP contribution is -2.36. The largest absolute Gasteiger partial charge is 0.398 e. The molecule has 2 aromatic rings. The second-order valence-corrected chi connectivity index (χ2v) is 7.63. The van der Waals surface area contributed by atoms with Gasteiger partial charge in [0.05, 0.1) is 10.6 Å². The predicted octanol–water partition coefficient (Wildman–Crippen LogP) is 3.79. The molecule has 0 saturated carbocycles. The number of rotatable bonds is 2. The van der Waals surface area contributed by atoms with Crippen molar-refractivity contribution in [3.8, 4) is 0 Å². The molecule has 0 bridgehead atoms. The molecule has 7 heteroatoms. The first kappa shape index (κ1) is 17.9. The summed E-state index contributed by atoms with van der Waals surface area (Å²) in [7, 11) is -3.65. The highest BCUT2D eigenvalue weighted by molar-refractivity contribution is 7.92. The van der Waals surface area contributed by atoms with Gasteiger partial charge in [0.1, 0.15) is 0 Å². The fourth-order valence-electron chi connectivity index (χ4n) is 2.85. The number of nitrogens with zero attached hydrogens (tertiary/aromatic N) is 1. The molecule has 0 unspecified atom stereocenters. The fraction of sp³-hybridized carbons (Fsp3) is 0.250. The number of fused-ring (bicyclic) bond motifs is 1. The summed E-state index contributed by atoms with van der Waals surface area (Å²) in [5.41, 5.74) is 8.78. The highest BCUT2D eigenvalue weighted by atomic mass is 35.5. The van der Waals surface area contributed by atoms with Gasteiger partial charge in [-0.25, -0.2) is 8.42 Å². The minimum atomic E-state index is -3.65. The minimum absolute atomic E-state index is 0. The summed E-state index contributed by atoms with van der Waals surface area (Å²) < 4.78 is 27.6. The number of benzene rings is 2. The Morgan fingerprint density at radius 1 is 1.17 bits per heavy atom. The molecule has 1 heterocycles. The first-order chi connectivity index (χ1) is 10.4. The van der Waals surface area contributed by atoms with Gasteiger partial charge in [0, 0.05) is 17.3 Å². The van der Waals surface area contributed by atoms with E-state index in [1.165, 1.54) is 4.31 Å². The maximum Gasteiger partial charge on any atom is 0.264 e. The lowest BCUT2D eigenvalue weighted by molar-refractivity contribution is 0.586. The zero-order valence-corrected chi connectivity index (χ0v) is 15.0. The van der Waals surface area contributed by atoms with Gasteiger partial charge in [-0.15, -0.1) is 12.4 Å². The predicted molar refractivity (Wildman–Crippen MR) is 97.1 cm³/mol. The van der Waals surface area contributed by atoms with E-state index in [9.17, 15) is 8.42 Å². The van der Waals surface area contributed by atoms with Crippen LogP contribution in [0.2, 0.25) is 5.02 Å².